The first kappa shape index (κ1) is 15.5. The van der Waals surface area contributed by atoms with E-state index in [-0.39, 0.29) is 23.1 Å². The maximum atomic E-state index is 12.4. The van der Waals surface area contributed by atoms with E-state index < -0.39 is 0 Å². The molecule has 0 aliphatic heterocycles. The first-order valence-corrected chi connectivity index (χ1v) is 8.10. The van der Waals surface area contributed by atoms with Gasteiger partial charge >= 0.3 is 0 Å². The standard InChI is InChI=1S/C17H29NO2/c1-5-13(19)15(16(2,3)4)18-14(20)11-17-9-7-6-8-12(17)10-17/h12,15H,5-11H2,1-4H3,(H,18,20). The van der Waals surface area contributed by atoms with Gasteiger partial charge in [0.05, 0.1) is 6.04 Å². The SMILES string of the molecule is CCC(=O)C(NC(=O)CC12CCCCC1C2)C(C)(C)C. The fourth-order valence-electron chi connectivity index (χ4n) is 3.83. The molecule has 3 atom stereocenters. The minimum atomic E-state index is -0.350. The zero-order chi connectivity index (χ0) is 15.0. The predicted octanol–water partition coefficient (Wildman–Crippen LogP) is 3.47. The van der Waals surface area contributed by atoms with Gasteiger partial charge in [0, 0.05) is 12.8 Å². The highest BCUT2D eigenvalue weighted by Crippen LogP contribution is 2.63. The van der Waals surface area contributed by atoms with Crippen LogP contribution in [0.1, 0.15) is 72.6 Å². The molecule has 2 aliphatic carbocycles. The fourth-order valence-corrected chi connectivity index (χ4v) is 3.83. The zero-order valence-electron chi connectivity index (χ0n) is 13.4. The third-order valence-electron chi connectivity index (χ3n) is 5.19. The summed E-state index contributed by atoms with van der Waals surface area (Å²) in [5, 5.41) is 3.02. The number of Topliss-reactive ketones (excluding diaryl/α,β-unsaturated/α-hetero) is 1. The maximum Gasteiger partial charge on any atom is 0.221 e. The van der Waals surface area contributed by atoms with Crippen molar-refractivity contribution < 1.29 is 9.59 Å². The van der Waals surface area contributed by atoms with Crippen molar-refractivity contribution in [3.05, 3.63) is 0 Å². The van der Waals surface area contributed by atoms with Crippen molar-refractivity contribution in [2.45, 2.75) is 78.7 Å². The lowest BCUT2D eigenvalue weighted by Crippen LogP contribution is -2.49. The Labute approximate surface area is 122 Å². The van der Waals surface area contributed by atoms with Crippen LogP contribution in [0.15, 0.2) is 0 Å². The normalized spacial score (nSPS) is 30.3. The summed E-state index contributed by atoms with van der Waals surface area (Å²) >= 11 is 0. The van der Waals surface area contributed by atoms with Gasteiger partial charge in [-0.3, -0.25) is 9.59 Å². The van der Waals surface area contributed by atoms with Crippen LogP contribution >= 0.6 is 0 Å². The van der Waals surface area contributed by atoms with Crippen LogP contribution in [0, 0.1) is 16.7 Å². The van der Waals surface area contributed by atoms with Gasteiger partial charge in [0.25, 0.3) is 0 Å². The van der Waals surface area contributed by atoms with Gasteiger partial charge in [-0.2, -0.15) is 0 Å². The lowest BCUT2D eigenvalue weighted by atomic mass is 9.82. The molecule has 0 bridgehead atoms. The summed E-state index contributed by atoms with van der Waals surface area (Å²) in [6.07, 6.45) is 7.42. The molecule has 20 heavy (non-hydrogen) atoms. The molecule has 1 N–H and O–H groups in total. The average molecular weight is 279 g/mol. The van der Waals surface area contributed by atoms with E-state index in [4.69, 9.17) is 0 Å². The van der Waals surface area contributed by atoms with Crippen LogP contribution in [-0.2, 0) is 9.59 Å². The molecular formula is C17H29NO2. The number of nitrogens with one attached hydrogen (secondary N) is 1. The summed E-state index contributed by atoms with van der Waals surface area (Å²) in [6.45, 7) is 7.92. The van der Waals surface area contributed by atoms with E-state index in [9.17, 15) is 9.59 Å². The van der Waals surface area contributed by atoms with Gasteiger partial charge in [0.2, 0.25) is 5.91 Å². The summed E-state index contributed by atoms with van der Waals surface area (Å²) in [4.78, 5) is 24.4. The van der Waals surface area contributed by atoms with Gasteiger partial charge in [-0.05, 0) is 36.0 Å². The minimum absolute atomic E-state index is 0.0797. The van der Waals surface area contributed by atoms with Crippen molar-refractivity contribution in [2.24, 2.45) is 16.7 Å². The van der Waals surface area contributed by atoms with Gasteiger partial charge in [-0.15, -0.1) is 0 Å². The molecule has 1 amide bonds. The topological polar surface area (TPSA) is 46.2 Å². The third-order valence-corrected chi connectivity index (χ3v) is 5.19. The van der Waals surface area contributed by atoms with E-state index in [1.54, 1.807) is 0 Å². The van der Waals surface area contributed by atoms with Gasteiger partial charge in [0.15, 0.2) is 5.78 Å². The summed E-state index contributed by atoms with van der Waals surface area (Å²) in [7, 11) is 0. The van der Waals surface area contributed by atoms with Crippen LogP contribution in [-0.4, -0.2) is 17.7 Å². The van der Waals surface area contributed by atoms with Crippen LogP contribution in [0.5, 0.6) is 0 Å². The second kappa shape index (κ2) is 5.50. The minimum Gasteiger partial charge on any atom is -0.346 e. The van der Waals surface area contributed by atoms with Crippen LogP contribution in [0.3, 0.4) is 0 Å². The molecule has 2 aliphatic rings. The van der Waals surface area contributed by atoms with Crippen molar-refractivity contribution in [1.82, 2.24) is 5.32 Å². The lowest BCUT2D eigenvalue weighted by Gasteiger charge is -2.31. The monoisotopic (exact) mass is 279 g/mol. The number of rotatable bonds is 5. The van der Waals surface area contributed by atoms with E-state index in [0.717, 1.165) is 5.92 Å². The van der Waals surface area contributed by atoms with Crippen LogP contribution in [0.4, 0.5) is 0 Å². The Morgan fingerprint density at radius 1 is 1.30 bits per heavy atom. The van der Waals surface area contributed by atoms with Crippen molar-refractivity contribution >= 4 is 11.7 Å². The number of hydrogen-bond acceptors (Lipinski definition) is 2. The second-order valence-corrected chi connectivity index (χ2v) is 7.87. The van der Waals surface area contributed by atoms with Crippen LogP contribution in [0.2, 0.25) is 0 Å². The predicted molar refractivity (Wildman–Crippen MR) is 80.3 cm³/mol. The van der Waals surface area contributed by atoms with Gasteiger partial charge in [0.1, 0.15) is 0 Å². The highest BCUT2D eigenvalue weighted by Gasteiger charge is 2.55. The molecule has 2 saturated carbocycles. The Kier molecular flexibility index (Phi) is 4.27. The molecule has 0 aromatic carbocycles. The van der Waals surface area contributed by atoms with Crippen molar-refractivity contribution in [3.63, 3.8) is 0 Å². The zero-order valence-corrected chi connectivity index (χ0v) is 13.4. The third kappa shape index (κ3) is 3.24. The second-order valence-electron chi connectivity index (χ2n) is 7.87. The molecular weight excluding hydrogens is 250 g/mol. The Bertz CT molecular complexity index is 396. The molecule has 0 saturated heterocycles. The maximum absolute atomic E-state index is 12.4. The van der Waals surface area contributed by atoms with E-state index in [1.807, 2.05) is 27.7 Å². The number of hydrogen-bond donors (Lipinski definition) is 1. The number of carbonyl (C=O) groups is 2. The van der Waals surface area contributed by atoms with E-state index in [2.05, 4.69) is 5.32 Å². The van der Waals surface area contributed by atoms with Crippen molar-refractivity contribution in [1.29, 1.82) is 0 Å². The molecule has 3 unspecified atom stereocenters. The first-order valence-electron chi connectivity index (χ1n) is 8.10. The van der Waals surface area contributed by atoms with Gasteiger partial charge < -0.3 is 5.32 Å². The highest BCUT2D eigenvalue weighted by molar-refractivity contribution is 5.89. The largest absolute Gasteiger partial charge is 0.346 e. The van der Waals surface area contributed by atoms with E-state index in [1.165, 1.54) is 32.1 Å². The molecule has 3 nitrogen and oxygen atoms in total. The quantitative estimate of drug-likeness (QED) is 0.837. The molecule has 114 valence electrons. The van der Waals surface area contributed by atoms with Crippen molar-refractivity contribution in [2.75, 3.05) is 0 Å². The fraction of sp³-hybridized carbons (Fsp3) is 0.882. The van der Waals surface area contributed by atoms with Gasteiger partial charge in [-0.25, -0.2) is 0 Å². The number of fused-ring (bicyclic) bond motifs is 1. The van der Waals surface area contributed by atoms with Crippen LogP contribution < -0.4 is 5.32 Å². The molecule has 2 fully saturated rings. The Hall–Kier alpha value is -0.860. The lowest BCUT2D eigenvalue weighted by molar-refractivity contribution is -0.131. The van der Waals surface area contributed by atoms with Crippen molar-refractivity contribution in [3.8, 4) is 0 Å². The van der Waals surface area contributed by atoms with E-state index in [0.29, 0.717) is 18.3 Å². The Morgan fingerprint density at radius 2 is 2.00 bits per heavy atom. The Morgan fingerprint density at radius 3 is 2.55 bits per heavy atom. The van der Waals surface area contributed by atoms with Gasteiger partial charge in [-0.1, -0.05) is 40.5 Å². The van der Waals surface area contributed by atoms with E-state index >= 15 is 0 Å². The van der Waals surface area contributed by atoms with Crippen LogP contribution in [0.25, 0.3) is 0 Å². The molecule has 0 heterocycles. The summed E-state index contributed by atoms with van der Waals surface area (Å²) < 4.78 is 0. The average Bonchev–Trinajstić information content (AvgIpc) is 3.07. The number of carbonyl (C=O) groups excluding carboxylic acids is 2. The Balaban J connectivity index is 1.94. The molecule has 3 heteroatoms. The summed E-state index contributed by atoms with van der Waals surface area (Å²) in [6, 6.07) is -0.350. The highest BCUT2D eigenvalue weighted by atomic mass is 16.2. The summed E-state index contributed by atoms with van der Waals surface area (Å²) in [5.41, 5.74) is 0.0793. The molecule has 0 spiro atoms. The molecule has 2 rings (SSSR count). The summed E-state index contributed by atoms with van der Waals surface area (Å²) in [5.74, 6) is 0.993. The number of amides is 1. The molecule has 0 radical (unpaired) electrons. The molecule has 0 aromatic heterocycles. The molecule has 0 aromatic rings. The number of ketones is 1. The smallest absolute Gasteiger partial charge is 0.221 e. The first-order chi connectivity index (χ1) is 9.28.